The van der Waals surface area contributed by atoms with Gasteiger partial charge in [-0.1, -0.05) is 18.2 Å². The summed E-state index contributed by atoms with van der Waals surface area (Å²) in [4.78, 5) is 14.4. The number of nitrogens with one attached hydrogen (secondary N) is 1. The number of hydrogen-bond acceptors (Lipinski definition) is 4. The highest BCUT2D eigenvalue weighted by atomic mass is 16.5. The number of rotatable bonds is 4. The van der Waals surface area contributed by atoms with E-state index in [4.69, 9.17) is 9.47 Å². The zero-order chi connectivity index (χ0) is 14.5. The van der Waals surface area contributed by atoms with Gasteiger partial charge < -0.3 is 14.8 Å². The number of morpholine rings is 1. The molecule has 5 nitrogen and oxygen atoms in total. The average molecular weight is 288 g/mol. The van der Waals surface area contributed by atoms with Gasteiger partial charge in [0.15, 0.2) is 0 Å². The van der Waals surface area contributed by atoms with Gasteiger partial charge in [0.1, 0.15) is 12.4 Å². The normalized spacial score (nSPS) is 18.4. The molecule has 1 saturated heterocycles. The van der Waals surface area contributed by atoms with Crippen LogP contribution in [-0.4, -0.2) is 56.8 Å². The Hall–Kier alpha value is -1.85. The van der Waals surface area contributed by atoms with E-state index in [2.05, 4.69) is 10.2 Å². The molecule has 0 saturated carbocycles. The molecule has 1 fully saturated rings. The Morgan fingerprint density at radius 2 is 2.05 bits per heavy atom. The van der Waals surface area contributed by atoms with Crippen molar-refractivity contribution in [3.8, 4) is 5.75 Å². The van der Waals surface area contributed by atoms with Crippen molar-refractivity contribution in [1.82, 2.24) is 10.2 Å². The second kappa shape index (κ2) is 6.74. The van der Waals surface area contributed by atoms with Crippen LogP contribution in [0, 0.1) is 0 Å². The van der Waals surface area contributed by atoms with Crippen LogP contribution in [0.2, 0.25) is 0 Å². The summed E-state index contributed by atoms with van der Waals surface area (Å²) in [5.41, 5.74) is 1.64. The Labute approximate surface area is 124 Å². The summed E-state index contributed by atoms with van der Waals surface area (Å²) in [6.07, 6.45) is 1.91. The summed E-state index contributed by atoms with van der Waals surface area (Å²) in [5, 5.41) is 2.96. The minimum atomic E-state index is -0.0437. The molecule has 1 aromatic rings. The van der Waals surface area contributed by atoms with Gasteiger partial charge in [-0.15, -0.1) is 0 Å². The molecule has 0 atom stereocenters. The van der Waals surface area contributed by atoms with Gasteiger partial charge in [0, 0.05) is 31.7 Å². The van der Waals surface area contributed by atoms with E-state index < -0.39 is 0 Å². The van der Waals surface area contributed by atoms with E-state index in [-0.39, 0.29) is 5.91 Å². The van der Waals surface area contributed by atoms with Crippen LogP contribution in [0.5, 0.6) is 5.75 Å². The van der Waals surface area contributed by atoms with Gasteiger partial charge in [0.2, 0.25) is 0 Å². The molecule has 2 aliphatic heterocycles. The zero-order valence-electron chi connectivity index (χ0n) is 12.0. The third kappa shape index (κ3) is 3.62. The van der Waals surface area contributed by atoms with Crippen LogP contribution in [-0.2, 0) is 9.53 Å². The lowest BCUT2D eigenvalue weighted by atomic mass is 10.1. The van der Waals surface area contributed by atoms with E-state index >= 15 is 0 Å². The van der Waals surface area contributed by atoms with Crippen molar-refractivity contribution in [3.63, 3.8) is 0 Å². The van der Waals surface area contributed by atoms with Crippen molar-refractivity contribution in [2.75, 3.05) is 46.0 Å². The van der Waals surface area contributed by atoms with Crippen molar-refractivity contribution in [1.29, 1.82) is 0 Å². The minimum absolute atomic E-state index is 0.0437. The van der Waals surface area contributed by atoms with Crippen molar-refractivity contribution in [2.24, 2.45) is 0 Å². The molecule has 0 aliphatic carbocycles. The van der Waals surface area contributed by atoms with Gasteiger partial charge in [-0.05, 0) is 12.1 Å². The molecule has 0 spiro atoms. The molecule has 0 radical (unpaired) electrons. The molecule has 5 heteroatoms. The Kier molecular flexibility index (Phi) is 4.52. The number of para-hydroxylation sites is 1. The maximum Gasteiger partial charge on any atom is 0.250 e. The van der Waals surface area contributed by atoms with Crippen LogP contribution in [0.3, 0.4) is 0 Å². The zero-order valence-corrected chi connectivity index (χ0v) is 12.0. The van der Waals surface area contributed by atoms with Crippen molar-refractivity contribution >= 4 is 12.0 Å². The summed E-state index contributed by atoms with van der Waals surface area (Å²) < 4.78 is 10.9. The first-order valence-electron chi connectivity index (χ1n) is 7.33. The van der Waals surface area contributed by atoms with Gasteiger partial charge in [-0.3, -0.25) is 9.69 Å². The van der Waals surface area contributed by atoms with Gasteiger partial charge in [-0.25, -0.2) is 0 Å². The van der Waals surface area contributed by atoms with Crippen LogP contribution in [0.25, 0.3) is 6.08 Å². The third-order valence-corrected chi connectivity index (χ3v) is 3.74. The van der Waals surface area contributed by atoms with E-state index in [0.717, 1.165) is 44.2 Å². The van der Waals surface area contributed by atoms with E-state index in [1.165, 1.54) is 0 Å². The first-order valence-corrected chi connectivity index (χ1v) is 7.33. The molecule has 112 valence electrons. The lowest BCUT2D eigenvalue weighted by Gasteiger charge is -2.26. The second-order valence-corrected chi connectivity index (χ2v) is 5.21. The standard InChI is InChI=1S/C16H20N2O3/c19-16(17-5-6-18-7-9-20-10-8-18)14-11-13-3-1-2-4-15(13)21-12-14/h1-4,11H,5-10,12H2,(H,17,19). The number of benzene rings is 1. The number of amides is 1. The van der Waals surface area contributed by atoms with Gasteiger partial charge in [0.25, 0.3) is 5.91 Å². The van der Waals surface area contributed by atoms with Crippen LogP contribution in [0.15, 0.2) is 29.8 Å². The molecule has 3 rings (SSSR count). The Bertz CT molecular complexity index is 536. The molecule has 0 aromatic heterocycles. The minimum Gasteiger partial charge on any atom is -0.488 e. The van der Waals surface area contributed by atoms with Crippen LogP contribution in [0.4, 0.5) is 0 Å². The maximum absolute atomic E-state index is 12.1. The summed E-state index contributed by atoms with van der Waals surface area (Å²) >= 11 is 0. The fraction of sp³-hybridized carbons (Fsp3) is 0.438. The predicted molar refractivity (Wildman–Crippen MR) is 80.2 cm³/mol. The summed E-state index contributed by atoms with van der Waals surface area (Å²) in [6, 6.07) is 7.74. The first kappa shape index (κ1) is 14.1. The summed E-state index contributed by atoms with van der Waals surface area (Å²) in [5.74, 6) is 0.792. The number of carbonyl (C=O) groups is 1. The Morgan fingerprint density at radius 1 is 1.24 bits per heavy atom. The molecular formula is C16H20N2O3. The Morgan fingerprint density at radius 3 is 2.90 bits per heavy atom. The Balaban J connectivity index is 1.51. The molecule has 1 amide bonds. The molecule has 0 bridgehead atoms. The quantitative estimate of drug-likeness (QED) is 0.895. The highest BCUT2D eigenvalue weighted by molar-refractivity contribution is 5.99. The second-order valence-electron chi connectivity index (χ2n) is 5.21. The van der Waals surface area contributed by atoms with Crippen LogP contribution >= 0.6 is 0 Å². The SMILES string of the molecule is O=C(NCCN1CCOCC1)C1=Cc2ccccc2OC1. The molecule has 1 N–H and O–H groups in total. The smallest absolute Gasteiger partial charge is 0.250 e. The highest BCUT2D eigenvalue weighted by Crippen LogP contribution is 2.25. The lowest BCUT2D eigenvalue weighted by molar-refractivity contribution is -0.117. The largest absolute Gasteiger partial charge is 0.488 e. The number of nitrogens with zero attached hydrogens (tertiary/aromatic N) is 1. The van der Waals surface area contributed by atoms with Crippen molar-refractivity contribution in [3.05, 3.63) is 35.4 Å². The lowest BCUT2D eigenvalue weighted by Crippen LogP contribution is -2.41. The highest BCUT2D eigenvalue weighted by Gasteiger charge is 2.17. The maximum atomic E-state index is 12.1. The number of hydrogen-bond donors (Lipinski definition) is 1. The van der Waals surface area contributed by atoms with E-state index in [0.29, 0.717) is 18.7 Å². The first-order chi connectivity index (χ1) is 10.3. The fourth-order valence-corrected chi connectivity index (χ4v) is 2.51. The van der Waals surface area contributed by atoms with Crippen molar-refractivity contribution in [2.45, 2.75) is 0 Å². The van der Waals surface area contributed by atoms with E-state index in [1.807, 2.05) is 30.3 Å². The molecule has 1 aromatic carbocycles. The van der Waals surface area contributed by atoms with Gasteiger partial charge in [0.05, 0.1) is 18.8 Å². The molecular weight excluding hydrogens is 268 g/mol. The summed E-state index contributed by atoms with van der Waals surface area (Å²) in [6.45, 7) is 5.29. The van der Waals surface area contributed by atoms with Crippen LogP contribution < -0.4 is 10.1 Å². The van der Waals surface area contributed by atoms with Crippen LogP contribution in [0.1, 0.15) is 5.56 Å². The molecule has 2 aliphatic rings. The third-order valence-electron chi connectivity index (χ3n) is 3.74. The van der Waals surface area contributed by atoms with E-state index in [1.54, 1.807) is 0 Å². The van der Waals surface area contributed by atoms with Crippen molar-refractivity contribution < 1.29 is 14.3 Å². The fourth-order valence-electron chi connectivity index (χ4n) is 2.51. The molecule has 21 heavy (non-hydrogen) atoms. The topological polar surface area (TPSA) is 50.8 Å². The monoisotopic (exact) mass is 288 g/mol. The predicted octanol–water partition coefficient (Wildman–Crippen LogP) is 0.911. The molecule has 2 heterocycles. The van der Waals surface area contributed by atoms with E-state index in [9.17, 15) is 4.79 Å². The number of ether oxygens (including phenoxy) is 2. The average Bonchev–Trinajstić information content (AvgIpc) is 2.55. The number of fused-ring (bicyclic) bond motifs is 1. The van der Waals surface area contributed by atoms with Gasteiger partial charge in [-0.2, -0.15) is 0 Å². The van der Waals surface area contributed by atoms with Gasteiger partial charge >= 0.3 is 0 Å². The summed E-state index contributed by atoms with van der Waals surface area (Å²) in [7, 11) is 0. The number of carbonyl (C=O) groups excluding carboxylic acids is 1. The molecule has 0 unspecified atom stereocenters.